The third-order valence-corrected chi connectivity index (χ3v) is 4.14. The van der Waals surface area contributed by atoms with Gasteiger partial charge >= 0.3 is 0 Å². The predicted octanol–water partition coefficient (Wildman–Crippen LogP) is 3.49. The van der Waals surface area contributed by atoms with Crippen molar-refractivity contribution in [1.82, 2.24) is 10.2 Å². The highest BCUT2D eigenvalue weighted by Crippen LogP contribution is 2.24. The first kappa shape index (κ1) is 17.1. The summed E-state index contributed by atoms with van der Waals surface area (Å²) in [6.07, 6.45) is 6.73. The predicted molar refractivity (Wildman–Crippen MR) is 93.3 cm³/mol. The Hall–Kier alpha value is 0. The molecule has 2 aliphatic rings. The molecule has 0 amide bonds. The zero-order chi connectivity index (χ0) is 13.0. The van der Waals surface area contributed by atoms with Gasteiger partial charge in [-0.2, -0.15) is 0 Å². The van der Waals surface area contributed by atoms with E-state index in [4.69, 9.17) is 0 Å². The minimum atomic E-state index is 0. The lowest BCUT2D eigenvalue weighted by Crippen LogP contribution is -2.47. The van der Waals surface area contributed by atoms with Crippen molar-refractivity contribution in [2.24, 2.45) is 16.8 Å². The van der Waals surface area contributed by atoms with Crippen molar-refractivity contribution in [3.63, 3.8) is 0 Å². The quantitative estimate of drug-likeness (QED) is 0.460. The molecule has 2 rings (SSSR count). The van der Waals surface area contributed by atoms with Crippen molar-refractivity contribution in [3.05, 3.63) is 0 Å². The lowest BCUT2D eigenvalue weighted by molar-refractivity contribution is 0.353. The highest BCUT2D eigenvalue weighted by atomic mass is 127. The van der Waals surface area contributed by atoms with E-state index in [0.717, 1.165) is 18.4 Å². The molecule has 1 aliphatic carbocycles. The molecule has 4 heteroatoms. The Morgan fingerprint density at radius 3 is 2.58 bits per heavy atom. The van der Waals surface area contributed by atoms with Crippen LogP contribution < -0.4 is 5.32 Å². The number of hydrogen-bond donors (Lipinski definition) is 1. The van der Waals surface area contributed by atoms with Crippen LogP contribution >= 0.6 is 24.0 Å². The largest absolute Gasteiger partial charge is 0.354 e. The summed E-state index contributed by atoms with van der Waals surface area (Å²) in [5.41, 5.74) is 0. The highest BCUT2D eigenvalue weighted by Gasteiger charge is 2.27. The van der Waals surface area contributed by atoms with E-state index in [1.54, 1.807) is 0 Å². The van der Waals surface area contributed by atoms with Crippen molar-refractivity contribution >= 4 is 29.9 Å². The van der Waals surface area contributed by atoms with E-state index in [2.05, 4.69) is 36.0 Å². The molecule has 1 saturated heterocycles. The molecule has 112 valence electrons. The smallest absolute Gasteiger partial charge is 0.194 e. The second kappa shape index (κ2) is 8.32. The van der Waals surface area contributed by atoms with Crippen molar-refractivity contribution in [3.8, 4) is 0 Å². The van der Waals surface area contributed by atoms with Gasteiger partial charge < -0.3 is 10.2 Å². The summed E-state index contributed by atoms with van der Waals surface area (Å²) < 4.78 is 0. The van der Waals surface area contributed by atoms with Gasteiger partial charge in [0.25, 0.3) is 0 Å². The maximum absolute atomic E-state index is 4.67. The van der Waals surface area contributed by atoms with Crippen LogP contribution in [-0.4, -0.2) is 36.5 Å². The Morgan fingerprint density at radius 1 is 1.32 bits per heavy atom. The van der Waals surface area contributed by atoms with Crippen molar-refractivity contribution in [2.45, 2.75) is 58.9 Å². The van der Waals surface area contributed by atoms with Gasteiger partial charge in [-0.05, 0) is 50.9 Å². The van der Waals surface area contributed by atoms with Crippen LogP contribution in [0.1, 0.15) is 52.9 Å². The monoisotopic (exact) mass is 379 g/mol. The molecule has 0 aromatic carbocycles. The van der Waals surface area contributed by atoms with Gasteiger partial charge in [-0.25, -0.2) is 0 Å². The Kier molecular flexibility index (Phi) is 7.47. The number of rotatable bonds is 4. The molecule has 1 unspecified atom stereocenters. The third kappa shape index (κ3) is 5.12. The van der Waals surface area contributed by atoms with E-state index in [1.165, 1.54) is 51.2 Å². The normalized spacial score (nSPS) is 24.3. The van der Waals surface area contributed by atoms with Gasteiger partial charge in [-0.15, -0.1) is 24.0 Å². The molecule has 0 aromatic rings. The summed E-state index contributed by atoms with van der Waals surface area (Å²) in [4.78, 5) is 7.15. The number of hydrogen-bond acceptors (Lipinski definition) is 1. The molecule has 19 heavy (non-hydrogen) atoms. The van der Waals surface area contributed by atoms with E-state index in [-0.39, 0.29) is 24.0 Å². The zero-order valence-corrected chi connectivity index (χ0v) is 15.0. The fourth-order valence-corrected chi connectivity index (χ4v) is 3.01. The number of halogens is 1. The van der Waals surface area contributed by atoms with Crippen molar-refractivity contribution in [1.29, 1.82) is 0 Å². The van der Waals surface area contributed by atoms with E-state index in [0.29, 0.717) is 6.04 Å². The topological polar surface area (TPSA) is 27.6 Å². The van der Waals surface area contributed by atoms with Crippen LogP contribution in [0.15, 0.2) is 4.99 Å². The second-order valence-corrected chi connectivity index (χ2v) is 6.30. The molecular formula is C15H30IN3. The Balaban J connectivity index is 0.00000180. The minimum absolute atomic E-state index is 0. The first-order valence-electron chi connectivity index (χ1n) is 7.75. The average Bonchev–Trinajstić information content (AvgIpc) is 2.69. The summed E-state index contributed by atoms with van der Waals surface area (Å²) in [5, 5.41) is 3.65. The Labute approximate surface area is 135 Å². The number of likely N-dealkylation sites (tertiary alicyclic amines) is 1. The lowest BCUT2D eigenvalue weighted by Gasteiger charge is -2.31. The van der Waals surface area contributed by atoms with Gasteiger partial charge in [0.05, 0.1) is 0 Å². The van der Waals surface area contributed by atoms with Crippen LogP contribution in [0.25, 0.3) is 0 Å². The molecule has 1 saturated carbocycles. The van der Waals surface area contributed by atoms with E-state index in [1.807, 2.05) is 0 Å². The van der Waals surface area contributed by atoms with Crippen molar-refractivity contribution < 1.29 is 0 Å². The molecule has 2 fully saturated rings. The van der Waals surface area contributed by atoms with Crippen LogP contribution in [0.4, 0.5) is 0 Å². The van der Waals surface area contributed by atoms with Gasteiger partial charge in [0.2, 0.25) is 0 Å². The van der Waals surface area contributed by atoms with Gasteiger partial charge in [0.1, 0.15) is 0 Å². The maximum atomic E-state index is 4.67. The number of guanidine groups is 1. The third-order valence-electron chi connectivity index (χ3n) is 4.14. The van der Waals surface area contributed by atoms with Gasteiger partial charge in [0, 0.05) is 25.7 Å². The molecule has 0 aromatic heterocycles. The van der Waals surface area contributed by atoms with E-state index in [9.17, 15) is 0 Å². The summed E-state index contributed by atoms with van der Waals surface area (Å²) in [5.74, 6) is 2.87. The van der Waals surface area contributed by atoms with Crippen LogP contribution in [-0.2, 0) is 0 Å². The second-order valence-electron chi connectivity index (χ2n) is 6.30. The number of nitrogens with one attached hydrogen (secondary N) is 1. The average molecular weight is 379 g/mol. The maximum Gasteiger partial charge on any atom is 0.194 e. The fourth-order valence-electron chi connectivity index (χ4n) is 3.01. The minimum Gasteiger partial charge on any atom is -0.354 e. The lowest BCUT2D eigenvalue weighted by atomic mass is 9.93. The number of aliphatic imine (C=N–C) groups is 1. The number of nitrogens with zero attached hydrogens (tertiary/aromatic N) is 2. The summed E-state index contributed by atoms with van der Waals surface area (Å²) >= 11 is 0. The first-order chi connectivity index (χ1) is 8.69. The fraction of sp³-hybridized carbons (Fsp3) is 0.933. The Morgan fingerprint density at radius 2 is 2.05 bits per heavy atom. The SMILES string of the molecule is CCN=C(NC1CCC1)N1CCC(CC(C)C)C1.I. The van der Waals surface area contributed by atoms with Gasteiger partial charge in [0.15, 0.2) is 5.96 Å². The standard InChI is InChI=1S/C15H29N3.HI/c1-4-16-15(17-14-6-5-7-14)18-9-8-13(11-18)10-12(2)3;/h12-14H,4-11H2,1-3H3,(H,16,17);1H. The van der Waals surface area contributed by atoms with Crippen molar-refractivity contribution in [2.75, 3.05) is 19.6 Å². The molecule has 0 bridgehead atoms. The van der Waals surface area contributed by atoms with Crippen LogP contribution in [0, 0.1) is 11.8 Å². The zero-order valence-electron chi connectivity index (χ0n) is 12.7. The first-order valence-corrected chi connectivity index (χ1v) is 7.75. The van der Waals surface area contributed by atoms with Gasteiger partial charge in [-0.1, -0.05) is 13.8 Å². The van der Waals surface area contributed by atoms with Crippen LogP contribution in [0.5, 0.6) is 0 Å². The summed E-state index contributed by atoms with van der Waals surface area (Å²) in [6, 6.07) is 0.694. The Bertz CT molecular complexity index is 287. The summed E-state index contributed by atoms with van der Waals surface area (Å²) in [7, 11) is 0. The van der Waals surface area contributed by atoms with Crippen LogP contribution in [0.3, 0.4) is 0 Å². The van der Waals surface area contributed by atoms with Gasteiger partial charge in [-0.3, -0.25) is 4.99 Å². The molecule has 1 heterocycles. The summed E-state index contributed by atoms with van der Waals surface area (Å²) in [6.45, 7) is 10.1. The molecule has 1 N–H and O–H groups in total. The van der Waals surface area contributed by atoms with Crippen LogP contribution in [0.2, 0.25) is 0 Å². The highest BCUT2D eigenvalue weighted by molar-refractivity contribution is 14.0. The molecule has 0 spiro atoms. The molecular weight excluding hydrogens is 349 g/mol. The molecule has 3 nitrogen and oxygen atoms in total. The van der Waals surface area contributed by atoms with E-state index >= 15 is 0 Å². The van der Waals surface area contributed by atoms with E-state index < -0.39 is 0 Å². The molecule has 0 radical (unpaired) electrons. The molecule has 1 atom stereocenters. The molecule has 1 aliphatic heterocycles.